The van der Waals surface area contributed by atoms with E-state index < -0.39 is 0 Å². The molecule has 1 N–H and O–H groups in total. The Morgan fingerprint density at radius 1 is 1.07 bits per heavy atom. The van der Waals surface area contributed by atoms with Crippen LogP contribution in [0.2, 0.25) is 0 Å². The first-order valence-corrected chi connectivity index (χ1v) is 11.4. The molecule has 1 atom stereocenters. The third-order valence-electron chi connectivity index (χ3n) is 6.89. The fraction of sp³-hybridized carbons (Fsp3) is 0.583. The molecular formula is C24H32N4O. The summed E-state index contributed by atoms with van der Waals surface area (Å²) in [7, 11) is 0. The monoisotopic (exact) mass is 392 g/mol. The van der Waals surface area contributed by atoms with Crippen LogP contribution in [0.3, 0.4) is 0 Å². The molecule has 2 aromatic rings. The molecule has 1 aliphatic heterocycles. The minimum absolute atomic E-state index is 0.142. The van der Waals surface area contributed by atoms with Crippen LogP contribution in [0, 0.1) is 0 Å². The van der Waals surface area contributed by atoms with E-state index in [1.165, 1.54) is 56.2 Å². The van der Waals surface area contributed by atoms with Crippen molar-refractivity contribution in [2.45, 2.75) is 69.4 Å². The van der Waals surface area contributed by atoms with Crippen LogP contribution in [0.4, 0.5) is 0 Å². The standard InChI is InChI=1S/C24H32N4O/c29-24(27-14-13-25-16-21(27)15-18-7-3-1-4-8-18)22-23(19-11-12-19)28(17-26-22)20-9-5-2-6-10-20/h1,3-4,7-8,17,19-21,25H,2,5-6,9-16H2/t21-/m1/s1. The Morgan fingerprint density at radius 3 is 2.62 bits per heavy atom. The van der Waals surface area contributed by atoms with Crippen LogP contribution in [0.5, 0.6) is 0 Å². The predicted molar refractivity (Wildman–Crippen MR) is 114 cm³/mol. The highest BCUT2D eigenvalue weighted by molar-refractivity contribution is 5.94. The van der Waals surface area contributed by atoms with E-state index >= 15 is 0 Å². The highest BCUT2D eigenvalue weighted by atomic mass is 16.2. The van der Waals surface area contributed by atoms with Gasteiger partial charge in [-0.2, -0.15) is 0 Å². The lowest BCUT2D eigenvalue weighted by molar-refractivity contribution is 0.0629. The van der Waals surface area contributed by atoms with Crippen LogP contribution in [-0.4, -0.2) is 46.0 Å². The van der Waals surface area contributed by atoms with Crippen molar-refractivity contribution < 1.29 is 4.79 Å². The molecule has 0 unspecified atom stereocenters. The van der Waals surface area contributed by atoms with Crippen molar-refractivity contribution in [3.8, 4) is 0 Å². The average Bonchev–Trinajstić information content (AvgIpc) is 3.52. The van der Waals surface area contributed by atoms with E-state index in [1.807, 2.05) is 12.4 Å². The molecule has 5 heteroatoms. The number of carbonyl (C=O) groups excluding carboxylic acids is 1. The quantitative estimate of drug-likeness (QED) is 0.839. The van der Waals surface area contributed by atoms with E-state index in [2.05, 4.69) is 39.0 Å². The summed E-state index contributed by atoms with van der Waals surface area (Å²) < 4.78 is 2.39. The number of aromatic nitrogens is 2. The minimum Gasteiger partial charge on any atom is -0.331 e. The molecule has 0 radical (unpaired) electrons. The summed E-state index contributed by atoms with van der Waals surface area (Å²) in [5.74, 6) is 0.678. The molecule has 154 valence electrons. The second kappa shape index (κ2) is 8.31. The SMILES string of the molecule is O=C(c1ncn(C2CCCCC2)c1C1CC1)N1CCNC[C@H]1Cc1ccccc1. The van der Waals surface area contributed by atoms with Gasteiger partial charge in [-0.25, -0.2) is 4.98 Å². The Hall–Kier alpha value is -2.14. The van der Waals surface area contributed by atoms with Gasteiger partial charge in [0.25, 0.3) is 5.91 Å². The predicted octanol–water partition coefficient (Wildman–Crippen LogP) is 3.92. The molecule has 2 heterocycles. The topological polar surface area (TPSA) is 50.2 Å². The first-order chi connectivity index (χ1) is 14.3. The van der Waals surface area contributed by atoms with Gasteiger partial charge in [-0.1, -0.05) is 49.6 Å². The zero-order valence-corrected chi connectivity index (χ0v) is 17.2. The van der Waals surface area contributed by atoms with Gasteiger partial charge < -0.3 is 14.8 Å². The Balaban J connectivity index is 1.40. The zero-order chi connectivity index (χ0) is 19.6. The molecule has 0 bridgehead atoms. The third kappa shape index (κ3) is 3.97. The van der Waals surface area contributed by atoms with Crippen molar-refractivity contribution in [3.05, 3.63) is 53.6 Å². The lowest BCUT2D eigenvalue weighted by Gasteiger charge is -2.36. The van der Waals surface area contributed by atoms with Gasteiger partial charge in [0, 0.05) is 37.6 Å². The maximum Gasteiger partial charge on any atom is 0.274 e. The van der Waals surface area contributed by atoms with Gasteiger partial charge in [0.05, 0.1) is 12.0 Å². The lowest BCUT2D eigenvalue weighted by atomic mass is 9.95. The minimum atomic E-state index is 0.142. The number of nitrogens with one attached hydrogen (secondary N) is 1. The van der Waals surface area contributed by atoms with Crippen LogP contribution in [0.25, 0.3) is 0 Å². The number of hydrogen-bond acceptors (Lipinski definition) is 3. The third-order valence-corrected chi connectivity index (χ3v) is 6.89. The second-order valence-electron chi connectivity index (χ2n) is 9.00. The molecule has 0 spiro atoms. The molecule has 2 aliphatic carbocycles. The largest absolute Gasteiger partial charge is 0.331 e. The number of nitrogens with zero attached hydrogens (tertiary/aromatic N) is 3. The summed E-state index contributed by atoms with van der Waals surface area (Å²) in [5.41, 5.74) is 3.26. The van der Waals surface area contributed by atoms with Gasteiger partial charge in [-0.15, -0.1) is 0 Å². The Morgan fingerprint density at radius 2 is 1.86 bits per heavy atom. The highest BCUT2D eigenvalue weighted by Gasteiger charge is 2.37. The zero-order valence-electron chi connectivity index (χ0n) is 17.2. The Kier molecular flexibility index (Phi) is 5.40. The maximum absolute atomic E-state index is 13.7. The van der Waals surface area contributed by atoms with E-state index in [4.69, 9.17) is 4.98 Å². The van der Waals surface area contributed by atoms with Gasteiger partial charge in [-0.3, -0.25) is 4.79 Å². The second-order valence-corrected chi connectivity index (χ2v) is 9.00. The average molecular weight is 393 g/mol. The fourth-order valence-corrected chi connectivity index (χ4v) is 5.18. The summed E-state index contributed by atoms with van der Waals surface area (Å²) >= 11 is 0. The van der Waals surface area contributed by atoms with Crippen LogP contribution in [0.1, 0.15) is 78.7 Å². The van der Waals surface area contributed by atoms with E-state index in [1.54, 1.807) is 0 Å². The summed E-state index contributed by atoms with van der Waals surface area (Å²) in [4.78, 5) is 20.5. The van der Waals surface area contributed by atoms with Crippen molar-refractivity contribution in [2.75, 3.05) is 19.6 Å². The summed E-state index contributed by atoms with van der Waals surface area (Å²) in [6.45, 7) is 2.47. The van der Waals surface area contributed by atoms with Crippen molar-refractivity contribution in [1.29, 1.82) is 0 Å². The molecule has 1 aromatic heterocycles. The number of imidazole rings is 1. The van der Waals surface area contributed by atoms with Crippen molar-refractivity contribution in [1.82, 2.24) is 19.8 Å². The molecule has 5 rings (SSSR count). The van der Waals surface area contributed by atoms with E-state index in [0.717, 1.165) is 31.7 Å². The van der Waals surface area contributed by atoms with Gasteiger partial charge >= 0.3 is 0 Å². The first-order valence-electron chi connectivity index (χ1n) is 11.4. The first kappa shape index (κ1) is 18.9. The van der Waals surface area contributed by atoms with Crippen LogP contribution >= 0.6 is 0 Å². The number of rotatable bonds is 5. The fourth-order valence-electron chi connectivity index (χ4n) is 5.18. The maximum atomic E-state index is 13.7. The molecule has 5 nitrogen and oxygen atoms in total. The van der Waals surface area contributed by atoms with Crippen molar-refractivity contribution in [2.24, 2.45) is 0 Å². The van der Waals surface area contributed by atoms with Crippen LogP contribution in [-0.2, 0) is 6.42 Å². The molecule has 29 heavy (non-hydrogen) atoms. The summed E-state index contributed by atoms with van der Waals surface area (Å²) in [6, 6.07) is 11.2. The Bertz CT molecular complexity index is 836. The molecule has 1 aromatic carbocycles. The molecule has 3 aliphatic rings. The number of benzene rings is 1. The van der Waals surface area contributed by atoms with Crippen molar-refractivity contribution >= 4 is 5.91 Å². The molecule has 1 saturated heterocycles. The highest BCUT2D eigenvalue weighted by Crippen LogP contribution is 2.44. The molecular weight excluding hydrogens is 360 g/mol. The van der Waals surface area contributed by atoms with Crippen molar-refractivity contribution in [3.63, 3.8) is 0 Å². The normalized spacial score (nSPS) is 23.3. The smallest absolute Gasteiger partial charge is 0.274 e. The van der Waals surface area contributed by atoms with E-state index in [9.17, 15) is 4.79 Å². The number of piperazine rings is 1. The molecule has 1 amide bonds. The Labute approximate surface area is 173 Å². The van der Waals surface area contributed by atoms with Crippen LogP contribution in [0.15, 0.2) is 36.7 Å². The van der Waals surface area contributed by atoms with E-state index in [0.29, 0.717) is 12.0 Å². The van der Waals surface area contributed by atoms with Crippen LogP contribution < -0.4 is 5.32 Å². The van der Waals surface area contributed by atoms with Gasteiger partial charge in [-0.05, 0) is 37.7 Å². The van der Waals surface area contributed by atoms with Gasteiger partial charge in [0.2, 0.25) is 0 Å². The number of carbonyl (C=O) groups is 1. The number of amides is 1. The van der Waals surface area contributed by atoms with E-state index in [-0.39, 0.29) is 11.9 Å². The summed E-state index contributed by atoms with van der Waals surface area (Å²) in [6.07, 6.45) is 11.7. The van der Waals surface area contributed by atoms with Gasteiger partial charge in [0.1, 0.15) is 5.69 Å². The lowest BCUT2D eigenvalue weighted by Crippen LogP contribution is -2.54. The van der Waals surface area contributed by atoms with Gasteiger partial charge in [0.15, 0.2) is 0 Å². The number of hydrogen-bond donors (Lipinski definition) is 1. The summed E-state index contributed by atoms with van der Waals surface area (Å²) in [5, 5.41) is 3.48. The molecule has 3 fully saturated rings. The molecule has 2 saturated carbocycles.